The maximum atomic E-state index is 12.6. The van der Waals surface area contributed by atoms with Gasteiger partial charge in [-0.05, 0) is 115 Å². The van der Waals surface area contributed by atoms with Gasteiger partial charge in [0.2, 0.25) is 5.78 Å². The van der Waals surface area contributed by atoms with Gasteiger partial charge in [0.05, 0.1) is 0 Å². The molecule has 0 heterocycles. The predicted octanol–water partition coefficient (Wildman–Crippen LogP) is 5.19. The number of hydrogen-bond donors (Lipinski definition) is 2. The molecule has 6 fully saturated rings. The molecule has 0 aromatic heterocycles. The zero-order valence-corrected chi connectivity index (χ0v) is 18.6. The van der Waals surface area contributed by atoms with Gasteiger partial charge in [-0.3, -0.25) is 4.79 Å². The number of carbonyl (C=O) groups excluding carboxylic acids is 1. The Morgan fingerprint density at radius 1 is 1.06 bits per heavy atom. The van der Waals surface area contributed by atoms with Gasteiger partial charge < -0.3 is 10.2 Å². The van der Waals surface area contributed by atoms with E-state index in [0.717, 1.165) is 17.1 Å². The standard InChI is InChI=1S/C28H32O3/c1-15-19-3-4-22-24(2)5-6-25-10-17(25)7-16(13-29)9-27(25)14-26(24,27)11-18-12-28(18,22)20(19)8-21(30)23(15)31/h3-4,8,16-18,29,31H,5-7,9-14H2,1-2H3/t16-,17-,18-,24+,25+,26-,27+,28+/m1/s1. The molecule has 0 aliphatic heterocycles. The average Bonchev–Trinajstić information content (AvgIpc) is 3.67. The lowest BCUT2D eigenvalue weighted by atomic mass is 9.45. The number of rotatable bonds is 1. The highest BCUT2D eigenvalue weighted by Gasteiger charge is 2.91. The summed E-state index contributed by atoms with van der Waals surface area (Å²) in [7, 11) is 0. The van der Waals surface area contributed by atoms with Gasteiger partial charge in [-0.1, -0.05) is 24.6 Å². The Morgan fingerprint density at radius 3 is 2.71 bits per heavy atom. The molecule has 6 saturated carbocycles. The number of aliphatic hydroxyl groups excluding tert-OH is 2. The molecule has 162 valence electrons. The van der Waals surface area contributed by atoms with Gasteiger partial charge >= 0.3 is 0 Å². The summed E-state index contributed by atoms with van der Waals surface area (Å²) in [5.41, 5.74) is 6.40. The quantitative estimate of drug-likeness (QED) is 0.618. The zero-order valence-electron chi connectivity index (χ0n) is 18.6. The molecule has 2 N–H and O–H groups in total. The van der Waals surface area contributed by atoms with E-state index in [2.05, 4.69) is 19.1 Å². The second kappa shape index (κ2) is 4.69. The van der Waals surface area contributed by atoms with E-state index in [4.69, 9.17) is 0 Å². The van der Waals surface area contributed by atoms with E-state index in [-0.39, 0.29) is 22.4 Å². The fourth-order valence-corrected chi connectivity index (χ4v) is 11.0. The van der Waals surface area contributed by atoms with Crippen LogP contribution in [0.25, 0.3) is 0 Å². The smallest absolute Gasteiger partial charge is 0.220 e. The molecule has 8 atom stereocenters. The Kier molecular flexibility index (Phi) is 2.71. The van der Waals surface area contributed by atoms with Crippen molar-refractivity contribution in [3.8, 4) is 0 Å². The first-order valence-electron chi connectivity index (χ1n) is 12.5. The van der Waals surface area contributed by atoms with Crippen molar-refractivity contribution < 1.29 is 15.0 Å². The van der Waals surface area contributed by atoms with Crippen molar-refractivity contribution in [2.45, 2.75) is 65.2 Å². The number of hydrogen-bond acceptors (Lipinski definition) is 3. The summed E-state index contributed by atoms with van der Waals surface area (Å²) in [5, 5.41) is 20.3. The van der Waals surface area contributed by atoms with Gasteiger partial charge in [0, 0.05) is 17.6 Å². The minimum absolute atomic E-state index is 0.0456. The SMILES string of the molecule is CC1=C(O)C(=O)C=C2C1=CC=C1[C@]23C[C@H]3C[C@]23C[C@]24C[C@H](CO)C[C@@H]2C[C@@]24CC[C@@]13C. The largest absolute Gasteiger partial charge is 0.504 e. The summed E-state index contributed by atoms with van der Waals surface area (Å²) >= 11 is 0. The minimum Gasteiger partial charge on any atom is -0.504 e. The van der Waals surface area contributed by atoms with Gasteiger partial charge in [0.1, 0.15) is 0 Å². The van der Waals surface area contributed by atoms with Crippen molar-refractivity contribution in [1.29, 1.82) is 0 Å². The normalized spacial score (nSPS) is 56.9. The van der Waals surface area contributed by atoms with Gasteiger partial charge in [-0.2, -0.15) is 0 Å². The van der Waals surface area contributed by atoms with E-state index in [1.807, 2.05) is 6.92 Å². The molecule has 0 saturated heterocycles. The molecule has 0 amide bonds. The first kappa shape index (κ1) is 17.9. The molecule has 0 aromatic carbocycles. The first-order valence-corrected chi connectivity index (χ1v) is 12.5. The fourth-order valence-electron chi connectivity index (χ4n) is 11.0. The molecule has 0 unspecified atom stereocenters. The lowest BCUT2D eigenvalue weighted by molar-refractivity contribution is -0.113. The molecule has 0 radical (unpaired) electrons. The van der Waals surface area contributed by atoms with Crippen LogP contribution in [0.2, 0.25) is 0 Å². The number of aliphatic hydroxyl groups is 2. The van der Waals surface area contributed by atoms with Crippen LogP contribution < -0.4 is 0 Å². The van der Waals surface area contributed by atoms with E-state index in [1.54, 1.807) is 11.6 Å². The van der Waals surface area contributed by atoms with Crippen LogP contribution in [0.4, 0.5) is 0 Å². The van der Waals surface area contributed by atoms with Crippen LogP contribution in [-0.4, -0.2) is 22.6 Å². The van der Waals surface area contributed by atoms with Crippen molar-refractivity contribution in [1.82, 2.24) is 0 Å². The van der Waals surface area contributed by atoms with E-state index < -0.39 is 0 Å². The molecular weight excluding hydrogens is 384 g/mol. The van der Waals surface area contributed by atoms with E-state index in [9.17, 15) is 15.0 Å². The lowest BCUT2D eigenvalue weighted by Crippen LogP contribution is -2.51. The van der Waals surface area contributed by atoms with Gasteiger partial charge in [-0.25, -0.2) is 0 Å². The monoisotopic (exact) mass is 416 g/mol. The summed E-state index contributed by atoms with van der Waals surface area (Å²) in [6.07, 6.45) is 16.8. The van der Waals surface area contributed by atoms with Crippen LogP contribution in [0.1, 0.15) is 65.2 Å². The van der Waals surface area contributed by atoms with Crippen LogP contribution in [0.5, 0.6) is 0 Å². The third-order valence-electron chi connectivity index (χ3n) is 12.5. The van der Waals surface area contributed by atoms with Crippen molar-refractivity contribution >= 4 is 5.78 Å². The topological polar surface area (TPSA) is 57.5 Å². The van der Waals surface area contributed by atoms with Gasteiger partial charge in [-0.15, -0.1) is 0 Å². The highest BCUT2D eigenvalue weighted by atomic mass is 16.3. The summed E-state index contributed by atoms with van der Waals surface area (Å²) < 4.78 is 0. The molecule has 31 heavy (non-hydrogen) atoms. The van der Waals surface area contributed by atoms with Crippen LogP contribution in [0, 0.1) is 44.8 Å². The highest BCUT2D eigenvalue weighted by molar-refractivity contribution is 6.06. The van der Waals surface area contributed by atoms with E-state index in [0.29, 0.717) is 34.7 Å². The second-order valence-corrected chi connectivity index (χ2v) is 12.9. The van der Waals surface area contributed by atoms with Crippen molar-refractivity contribution in [2.75, 3.05) is 6.61 Å². The average molecular weight is 417 g/mol. The molecule has 4 spiro atoms. The number of fused-ring (bicyclic) bond motifs is 2. The van der Waals surface area contributed by atoms with Gasteiger partial charge in [0.25, 0.3) is 0 Å². The molecule has 8 aliphatic carbocycles. The third kappa shape index (κ3) is 1.54. The van der Waals surface area contributed by atoms with Crippen molar-refractivity contribution in [3.05, 3.63) is 46.3 Å². The molecule has 0 bridgehead atoms. The Bertz CT molecular complexity index is 1140. The van der Waals surface area contributed by atoms with Crippen LogP contribution in [0.3, 0.4) is 0 Å². The van der Waals surface area contributed by atoms with Crippen molar-refractivity contribution in [3.63, 3.8) is 0 Å². The minimum atomic E-state index is -0.208. The molecule has 3 heteroatoms. The molecular formula is C28H32O3. The number of ketones is 1. The van der Waals surface area contributed by atoms with Crippen LogP contribution >= 0.6 is 0 Å². The predicted molar refractivity (Wildman–Crippen MR) is 117 cm³/mol. The number of carbonyl (C=O) groups is 1. The summed E-state index contributed by atoms with van der Waals surface area (Å²) in [6, 6.07) is 0. The Labute approximate surface area is 184 Å². The molecule has 8 rings (SSSR count). The Hall–Kier alpha value is -1.61. The van der Waals surface area contributed by atoms with Crippen molar-refractivity contribution in [2.24, 2.45) is 44.8 Å². The summed E-state index contributed by atoms with van der Waals surface area (Å²) in [5.74, 6) is 1.74. The molecule has 3 nitrogen and oxygen atoms in total. The lowest BCUT2D eigenvalue weighted by Gasteiger charge is -2.58. The van der Waals surface area contributed by atoms with Crippen LogP contribution in [-0.2, 0) is 4.79 Å². The number of allylic oxidation sites excluding steroid dienone is 7. The van der Waals surface area contributed by atoms with E-state index >= 15 is 0 Å². The zero-order chi connectivity index (χ0) is 21.2. The summed E-state index contributed by atoms with van der Waals surface area (Å²) in [6.45, 7) is 4.84. The van der Waals surface area contributed by atoms with E-state index in [1.165, 1.54) is 56.9 Å². The fraction of sp³-hybridized carbons (Fsp3) is 0.679. The Balaban J connectivity index is 1.30. The third-order valence-corrected chi connectivity index (χ3v) is 12.5. The summed E-state index contributed by atoms with van der Waals surface area (Å²) in [4.78, 5) is 12.6. The van der Waals surface area contributed by atoms with Crippen LogP contribution in [0.15, 0.2) is 46.3 Å². The maximum Gasteiger partial charge on any atom is 0.220 e. The first-order chi connectivity index (χ1) is 14.8. The Morgan fingerprint density at radius 2 is 1.90 bits per heavy atom. The maximum absolute atomic E-state index is 12.6. The second-order valence-electron chi connectivity index (χ2n) is 12.9. The van der Waals surface area contributed by atoms with Gasteiger partial charge in [0.15, 0.2) is 5.76 Å². The molecule has 8 aliphatic rings. The highest BCUT2D eigenvalue weighted by Crippen LogP contribution is 2.99. The molecule has 0 aromatic rings.